The van der Waals surface area contributed by atoms with Crippen LogP contribution in [0.1, 0.15) is 25.8 Å². The quantitative estimate of drug-likeness (QED) is 0.192. The van der Waals surface area contributed by atoms with Gasteiger partial charge in [0.1, 0.15) is 17.4 Å². The summed E-state index contributed by atoms with van der Waals surface area (Å²) in [5.74, 6) is -3.45. The second-order valence-electron chi connectivity index (χ2n) is 11.3. The zero-order valence-electron chi connectivity index (χ0n) is 25.0. The van der Waals surface area contributed by atoms with Gasteiger partial charge < -0.3 is 35.6 Å². The molecule has 1 saturated heterocycles. The lowest BCUT2D eigenvalue weighted by molar-refractivity contribution is -0.111. The molecule has 0 saturated carbocycles. The summed E-state index contributed by atoms with van der Waals surface area (Å²) < 4.78 is 49.1. The third kappa shape index (κ3) is 7.71. The Morgan fingerprint density at radius 3 is 2.61 bits per heavy atom. The maximum absolute atomic E-state index is 14.6. The predicted octanol–water partition coefficient (Wildman–Crippen LogP) is 5.89. The monoisotopic (exact) mass is 633 g/mol. The summed E-state index contributed by atoms with van der Waals surface area (Å²) in [6.07, 6.45) is 2.20. The average Bonchev–Trinajstić information content (AvgIpc) is 3.23. The van der Waals surface area contributed by atoms with E-state index in [1.165, 1.54) is 33.2 Å². The van der Waals surface area contributed by atoms with Crippen molar-refractivity contribution < 1.29 is 27.8 Å². The highest BCUT2D eigenvalue weighted by molar-refractivity contribution is 6.31. The van der Waals surface area contributed by atoms with Crippen LogP contribution in [0.5, 0.6) is 5.75 Å². The van der Waals surface area contributed by atoms with Crippen LogP contribution in [-0.2, 0) is 10.4 Å². The van der Waals surface area contributed by atoms with Crippen LogP contribution < -0.4 is 25.6 Å². The van der Waals surface area contributed by atoms with Crippen molar-refractivity contribution in [3.8, 4) is 5.75 Å². The SMILES string of the molecule is C=CC(=O)Nc1cc(Nc2nccc(Nc3cc(Cl)c(F)cc3C(C)(C)O)n2)c(OC)cc1N1CC(F)(F)C[C@@H]1CN(C)C. The van der Waals surface area contributed by atoms with Crippen molar-refractivity contribution in [3.63, 3.8) is 0 Å². The third-order valence-corrected chi connectivity index (χ3v) is 7.20. The Hall–Kier alpha value is -4.07. The smallest absolute Gasteiger partial charge is 0.267 e. The summed E-state index contributed by atoms with van der Waals surface area (Å²) in [6.45, 7) is 6.36. The van der Waals surface area contributed by atoms with Crippen molar-refractivity contribution in [3.05, 3.63) is 65.6 Å². The van der Waals surface area contributed by atoms with E-state index in [0.29, 0.717) is 23.6 Å². The highest BCUT2D eigenvalue weighted by Crippen LogP contribution is 2.44. The van der Waals surface area contributed by atoms with Gasteiger partial charge in [0.25, 0.3) is 5.92 Å². The molecule has 1 amide bonds. The zero-order chi connectivity index (χ0) is 32.4. The molecular weight excluding hydrogens is 599 g/mol. The van der Waals surface area contributed by atoms with Crippen LogP contribution in [0.25, 0.3) is 0 Å². The molecule has 10 nitrogen and oxygen atoms in total. The topological polar surface area (TPSA) is 115 Å². The van der Waals surface area contributed by atoms with Gasteiger partial charge in [-0.15, -0.1) is 0 Å². The van der Waals surface area contributed by atoms with Crippen molar-refractivity contribution >= 4 is 52.0 Å². The van der Waals surface area contributed by atoms with Crippen LogP contribution in [-0.4, -0.2) is 72.1 Å². The predicted molar refractivity (Wildman–Crippen MR) is 166 cm³/mol. The molecule has 0 radical (unpaired) electrons. The maximum Gasteiger partial charge on any atom is 0.267 e. The van der Waals surface area contributed by atoms with Gasteiger partial charge in [0, 0.05) is 42.5 Å². The van der Waals surface area contributed by atoms with E-state index in [1.54, 1.807) is 23.1 Å². The minimum absolute atomic E-state index is 0.109. The van der Waals surface area contributed by atoms with Gasteiger partial charge in [0.2, 0.25) is 11.9 Å². The molecular formula is C30H35ClF3N7O3. The first-order valence-corrected chi connectivity index (χ1v) is 14.0. The molecule has 1 atom stereocenters. The number of likely N-dealkylation sites (N-methyl/N-ethyl adjacent to an activating group) is 1. The Balaban J connectivity index is 1.71. The highest BCUT2D eigenvalue weighted by atomic mass is 35.5. The van der Waals surface area contributed by atoms with Gasteiger partial charge in [-0.3, -0.25) is 4.79 Å². The molecule has 4 rings (SSSR count). The minimum atomic E-state index is -2.92. The van der Waals surface area contributed by atoms with E-state index in [4.69, 9.17) is 16.3 Å². The molecule has 2 aromatic carbocycles. The first-order valence-electron chi connectivity index (χ1n) is 13.6. The van der Waals surface area contributed by atoms with Gasteiger partial charge in [0.05, 0.1) is 41.3 Å². The maximum atomic E-state index is 14.6. The number of nitrogens with zero attached hydrogens (tertiary/aromatic N) is 4. The molecule has 44 heavy (non-hydrogen) atoms. The number of hydrogen-bond donors (Lipinski definition) is 4. The number of halogens is 4. The summed E-state index contributed by atoms with van der Waals surface area (Å²) in [5.41, 5.74) is 0.144. The van der Waals surface area contributed by atoms with Crippen LogP contribution in [0.3, 0.4) is 0 Å². The fraction of sp³-hybridized carbons (Fsp3) is 0.367. The third-order valence-electron chi connectivity index (χ3n) is 6.91. The molecule has 1 aromatic heterocycles. The number of amides is 1. The Labute approximate surface area is 258 Å². The first kappa shape index (κ1) is 32.8. The first-order chi connectivity index (χ1) is 20.6. The number of rotatable bonds is 11. The molecule has 4 N–H and O–H groups in total. The van der Waals surface area contributed by atoms with E-state index >= 15 is 0 Å². The number of aromatic nitrogens is 2. The number of carbonyl (C=O) groups is 1. The van der Waals surface area contributed by atoms with Gasteiger partial charge >= 0.3 is 0 Å². The normalized spacial score (nSPS) is 16.2. The molecule has 0 unspecified atom stereocenters. The highest BCUT2D eigenvalue weighted by Gasteiger charge is 2.46. The molecule has 1 aliphatic rings. The van der Waals surface area contributed by atoms with E-state index < -0.39 is 35.8 Å². The largest absolute Gasteiger partial charge is 0.494 e. The number of methoxy groups -OCH3 is 1. The summed E-state index contributed by atoms with van der Waals surface area (Å²) in [4.78, 5) is 24.5. The van der Waals surface area contributed by atoms with Gasteiger partial charge in [-0.2, -0.15) is 4.98 Å². The number of ether oxygens (including phenoxy) is 1. The lowest BCUT2D eigenvalue weighted by Crippen LogP contribution is -2.38. The van der Waals surface area contributed by atoms with Crippen molar-refractivity contribution in [2.24, 2.45) is 0 Å². The summed E-state index contributed by atoms with van der Waals surface area (Å²) in [6, 6.07) is 6.66. The number of anilines is 6. The number of benzene rings is 2. The van der Waals surface area contributed by atoms with Crippen molar-refractivity contribution in [1.29, 1.82) is 0 Å². The van der Waals surface area contributed by atoms with Crippen LogP contribution in [0.4, 0.5) is 47.7 Å². The number of nitrogens with one attached hydrogen (secondary N) is 3. The molecule has 0 aliphatic carbocycles. The molecule has 2 heterocycles. The molecule has 14 heteroatoms. The molecule has 0 spiro atoms. The second kappa shape index (κ2) is 12.9. The van der Waals surface area contributed by atoms with E-state index in [2.05, 4.69) is 32.5 Å². The number of hydrogen-bond acceptors (Lipinski definition) is 9. The molecule has 236 valence electrons. The lowest BCUT2D eigenvalue weighted by atomic mass is 9.96. The Kier molecular flexibility index (Phi) is 9.62. The van der Waals surface area contributed by atoms with Crippen LogP contribution in [0.2, 0.25) is 5.02 Å². The molecule has 3 aromatic rings. The van der Waals surface area contributed by atoms with Crippen LogP contribution >= 0.6 is 11.6 Å². The van der Waals surface area contributed by atoms with Crippen LogP contribution in [0.15, 0.2) is 49.2 Å². The Morgan fingerprint density at radius 2 is 1.98 bits per heavy atom. The minimum Gasteiger partial charge on any atom is -0.494 e. The number of alkyl halides is 2. The van der Waals surface area contributed by atoms with Gasteiger partial charge in [-0.1, -0.05) is 18.2 Å². The Bertz CT molecular complexity index is 1550. The van der Waals surface area contributed by atoms with Gasteiger partial charge in [-0.05, 0) is 58.3 Å². The zero-order valence-corrected chi connectivity index (χ0v) is 25.8. The van der Waals surface area contributed by atoms with E-state index in [9.17, 15) is 23.1 Å². The van der Waals surface area contributed by atoms with E-state index in [1.807, 2.05) is 19.0 Å². The van der Waals surface area contributed by atoms with Crippen molar-refractivity contribution in [2.45, 2.75) is 37.8 Å². The fourth-order valence-electron chi connectivity index (χ4n) is 5.02. The van der Waals surface area contributed by atoms with E-state index in [-0.39, 0.29) is 40.2 Å². The number of aliphatic hydroxyl groups is 1. The molecule has 1 fully saturated rings. The van der Waals surface area contributed by atoms with Crippen molar-refractivity contribution in [2.75, 3.05) is 55.1 Å². The lowest BCUT2D eigenvalue weighted by Gasteiger charge is -2.30. The van der Waals surface area contributed by atoms with Crippen LogP contribution in [0, 0.1) is 5.82 Å². The van der Waals surface area contributed by atoms with E-state index in [0.717, 1.165) is 12.1 Å². The second-order valence-corrected chi connectivity index (χ2v) is 11.7. The van der Waals surface area contributed by atoms with Crippen molar-refractivity contribution in [1.82, 2.24) is 14.9 Å². The Morgan fingerprint density at radius 1 is 1.25 bits per heavy atom. The standard InChI is InChI=1S/C30H35ClF3N7O3/c1-7-27(42)37-22-12-23(25(44-6)13-24(22)41-16-30(33,34)14-17(41)15-40(4)5)38-28-35-9-8-26(39-28)36-21-11-19(31)20(32)10-18(21)29(2,3)43/h7-13,17,43H,1,14-16H2,2-6H3,(H,37,42)(H2,35,36,38,39)/t17-/m1/s1. The number of carbonyl (C=O) groups excluding carboxylic acids is 1. The molecule has 0 bridgehead atoms. The molecule has 1 aliphatic heterocycles. The van der Waals surface area contributed by atoms with Gasteiger partial charge in [-0.25, -0.2) is 18.2 Å². The summed E-state index contributed by atoms with van der Waals surface area (Å²) >= 11 is 6.01. The van der Waals surface area contributed by atoms with Gasteiger partial charge in [0.15, 0.2) is 0 Å². The summed E-state index contributed by atoms with van der Waals surface area (Å²) in [5, 5.41) is 19.2. The fourth-order valence-corrected chi connectivity index (χ4v) is 5.19. The summed E-state index contributed by atoms with van der Waals surface area (Å²) in [7, 11) is 5.04. The average molecular weight is 634 g/mol.